The maximum absolute atomic E-state index is 5.18. The molecule has 0 saturated carbocycles. The molecular weight excluding hydrogens is 885 g/mol. The van der Waals surface area contributed by atoms with Crippen molar-refractivity contribution in [2.45, 2.75) is 5.41 Å². The summed E-state index contributed by atoms with van der Waals surface area (Å²) in [6.07, 6.45) is 0. The number of hydrogen-bond acceptors (Lipinski definition) is 4. The van der Waals surface area contributed by atoms with Crippen molar-refractivity contribution in [1.29, 1.82) is 0 Å². The van der Waals surface area contributed by atoms with Crippen LogP contribution >= 0.6 is 0 Å². The first-order valence-corrected chi connectivity index (χ1v) is 24.9. The highest BCUT2D eigenvalue weighted by Crippen LogP contribution is 2.63. The molecule has 4 heteroatoms. The van der Waals surface area contributed by atoms with E-state index in [1.807, 2.05) is 60.7 Å². The van der Waals surface area contributed by atoms with Gasteiger partial charge in [-0.15, -0.1) is 0 Å². The molecule has 0 amide bonds. The van der Waals surface area contributed by atoms with E-state index >= 15 is 0 Å². The van der Waals surface area contributed by atoms with Crippen molar-refractivity contribution in [3.63, 3.8) is 0 Å². The van der Waals surface area contributed by atoms with Gasteiger partial charge in [-0.3, -0.25) is 0 Å². The molecule has 10 aromatic carbocycles. The first-order chi connectivity index (χ1) is 36.2. The first-order valence-electron chi connectivity index (χ1n) is 24.9. The number of aromatic nitrogens is 4. The Bertz CT molecular complexity index is 3690. The lowest BCUT2D eigenvalue weighted by atomic mass is 9.70. The zero-order chi connectivity index (χ0) is 48.3. The van der Waals surface area contributed by atoms with E-state index in [0.29, 0.717) is 17.5 Å². The monoisotopic (exact) mass is 928 g/mol. The van der Waals surface area contributed by atoms with Crippen molar-refractivity contribution in [2.75, 3.05) is 0 Å². The van der Waals surface area contributed by atoms with Crippen LogP contribution < -0.4 is 0 Å². The lowest BCUT2D eigenvalue weighted by Gasteiger charge is -2.31. The maximum atomic E-state index is 5.18. The Labute approximate surface area is 424 Å². The average molecular weight is 929 g/mol. The third kappa shape index (κ3) is 7.14. The van der Waals surface area contributed by atoms with Crippen LogP contribution in [0, 0.1) is 0 Å². The molecule has 0 atom stereocenters. The van der Waals surface area contributed by atoms with Gasteiger partial charge in [0.05, 0.1) is 16.8 Å². The normalized spacial score (nSPS) is 12.5. The molecule has 1 spiro atoms. The zero-order valence-corrected chi connectivity index (χ0v) is 39.7. The number of benzene rings is 10. The average Bonchev–Trinajstić information content (AvgIpc) is 3.96. The second-order valence-corrected chi connectivity index (χ2v) is 18.9. The molecule has 0 fully saturated rings. The number of nitrogens with zero attached hydrogens (tertiary/aromatic N) is 4. The summed E-state index contributed by atoms with van der Waals surface area (Å²) in [5.74, 6) is 1.92. The summed E-state index contributed by atoms with van der Waals surface area (Å²) < 4.78 is 0. The van der Waals surface area contributed by atoms with E-state index in [1.54, 1.807) is 0 Å². The van der Waals surface area contributed by atoms with E-state index < -0.39 is 5.41 Å². The molecule has 2 heterocycles. The second-order valence-electron chi connectivity index (χ2n) is 18.9. The van der Waals surface area contributed by atoms with Gasteiger partial charge in [0, 0.05) is 27.8 Å². The fourth-order valence-corrected chi connectivity index (χ4v) is 11.4. The molecule has 12 aromatic rings. The van der Waals surface area contributed by atoms with Crippen LogP contribution in [0.1, 0.15) is 22.3 Å². The van der Waals surface area contributed by atoms with Crippen LogP contribution in [-0.2, 0) is 5.41 Å². The third-order valence-electron chi connectivity index (χ3n) is 14.7. The van der Waals surface area contributed by atoms with Gasteiger partial charge in [-0.2, -0.15) is 0 Å². The summed E-state index contributed by atoms with van der Waals surface area (Å²) in [6, 6.07) is 95.6. The summed E-state index contributed by atoms with van der Waals surface area (Å²) >= 11 is 0. The third-order valence-corrected chi connectivity index (χ3v) is 14.7. The summed E-state index contributed by atoms with van der Waals surface area (Å²) in [4.78, 5) is 20.3. The number of fused-ring (bicyclic) bond motifs is 10. The SMILES string of the molecule is c1ccc(-c2cc(-c3cccc(-c4ccc5c(c4)C4(c6ccccc6-c6ccccc64)c4cc(-c6cccc(-c7nc(-c8ccccc8)nc(-c8ccccc8)n7)c6)ccc4-5)c3)cc(-c3ccccc3)n2)cc1. The minimum absolute atomic E-state index is 0.553. The van der Waals surface area contributed by atoms with Crippen LogP contribution in [0.5, 0.6) is 0 Å². The van der Waals surface area contributed by atoms with Gasteiger partial charge in [-0.1, -0.05) is 231 Å². The molecule has 4 nitrogen and oxygen atoms in total. The number of rotatable bonds is 8. The molecule has 73 heavy (non-hydrogen) atoms. The smallest absolute Gasteiger partial charge is 0.164 e. The van der Waals surface area contributed by atoms with E-state index in [4.69, 9.17) is 19.9 Å². The predicted octanol–water partition coefficient (Wildman–Crippen LogP) is 16.9. The van der Waals surface area contributed by atoms with Gasteiger partial charge in [0.25, 0.3) is 0 Å². The highest BCUT2D eigenvalue weighted by atomic mass is 15.0. The molecule has 14 rings (SSSR count). The van der Waals surface area contributed by atoms with Crippen molar-refractivity contribution in [3.05, 3.63) is 289 Å². The van der Waals surface area contributed by atoms with Gasteiger partial charge in [0.15, 0.2) is 17.5 Å². The summed E-state index contributed by atoms with van der Waals surface area (Å²) in [5.41, 5.74) is 23.4. The molecule has 0 radical (unpaired) electrons. The Morgan fingerprint density at radius 1 is 0.192 bits per heavy atom. The van der Waals surface area contributed by atoms with Crippen molar-refractivity contribution in [2.24, 2.45) is 0 Å². The van der Waals surface area contributed by atoms with Gasteiger partial charge in [0.1, 0.15) is 0 Å². The summed E-state index contributed by atoms with van der Waals surface area (Å²) in [7, 11) is 0. The minimum atomic E-state index is -0.553. The molecule has 0 bridgehead atoms. The number of pyridine rings is 1. The molecule has 2 aromatic heterocycles. The molecular formula is C69H44N4. The summed E-state index contributed by atoms with van der Waals surface area (Å²) in [6.45, 7) is 0. The minimum Gasteiger partial charge on any atom is -0.248 e. The standard InChI is InChI=1S/C69H44N4/c1-5-19-45(20-6-1)64-43-55(44-65(70-64)46-21-7-2-8-22-46)51-29-17-27-49(39-51)52-35-37-58-59-38-36-53(42-63(59)69(62(58)41-52)60-33-15-13-31-56(60)57-32-14-16-34-61(57)69)50-28-18-30-54(40-50)68-72-66(47-23-9-3-10-24-47)71-67(73-68)48-25-11-4-12-26-48/h1-44H. The zero-order valence-electron chi connectivity index (χ0n) is 39.7. The Morgan fingerprint density at radius 3 is 0.986 bits per heavy atom. The highest BCUT2D eigenvalue weighted by molar-refractivity contribution is 5.97. The van der Waals surface area contributed by atoms with E-state index in [-0.39, 0.29) is 0 Å². The summed E-state index contributed by atoms with van der Waals surface area (Å²) in [5, 5.41) is 0. The van der Waals surface area contributed by atoms with Gasteiger partial charge in [-0.05, 0) is 114 Å². The maximum Gasteiger partial charge on any atom is 0.164 e. The van der Waals surface area contributed by atoms with E-state index in [9.17, 15) is 0 Å². The van der Waals surface area contributed by atoms with Crippen LogP contribution in [0.4, 0.5) is 0 Å². The van der Waals surface area contributed by atoms with Crippen LogP contribution in [0.15, 0.2) is 267 Å². The highest BCUT2D eigenvalue weighted by Gasteiger charge is 2.51. The van der Waals surface area contributed by atoms with Crippen LogP contribution in [0.25, 0.3) is 112 Å². The van der Waals surface area contributed by atoms with Crippen molar-refractivity contribution >= 4 is 0 Å². The van der Waals surface area contributed by atoms with Crippen LogP contribution in [0.2, 0.25) is 0 Å². The van der Waals surface area contributed by atoms with Gasteiger partial charge in [0.2, 0.25) is 0 Å². The Kier molecular flexibility index (Phi) is 10.0. The van der Waals surface area contributed by atoms with E-state index in [2.05, 4.69) is 206 Å². The fourth-order valence-electron chi connectivity index (χ4n) is 11.4. The molecule has 340 valence electrons. The Balaban J connectivity index is 0.906. The van der Waals surface area contributed by atoms with Gasteiger partial charge in [-0.25, -0.2) is 19.9 Å². The molecule has 2 aliphatic rings. The van der Waals surface area contributed by atoms with Gasteiger partial charge < -0.3 is 0 Å². The molecule has 2 aliphatic carbocycles. The van der Waals surface area contributed by atoms with Crippen molar-refractivity contribution in [3.8, 4) is 112 Å². The first kappa shape index (κ1) is 42.3. The van der Waals surface area contributed by atoms with Crippen molar-refractivity contribution < 1.29 is 0 Å². The molecule has 0 N–H and O–H groups in total. The molecule has 0 saturated heterocycles. The van der Waals surface area contributed by atoms with E-state index in [0.717, 1.165) is 67.0 Å². The van der Waals surface area contributed by atoms with E-state index in [1.165, 1.54) is 50.1 Å². The molecule has 0 aliphatic heterocycles. The Hall–Kier alpha value is -9.64. The Morgan fingerprint density at radius 2 is 0.521 bits per heavy atom. The van der Waals surface area contributed by atoms with Crippen LogP contribution in [0.3, 0.4) is 0 Å². The van der Waals surface area contributed by atoms with Crippen molar-refractivity contribution in [1.82, 2.24) is 19.9 Å². The lowest BCUT2D eigenvalue weighted by Crippen LogP contribution is -2.26. The fraction of sp³-hybridized carbons (Fsp3) is 0.0145. The quantitative estimate of drug-likeness (QED) is 0.152. The largest absolute Gasteiger partial charge is 0.248 e. The lowest BCUT2D eigenvalue weighted by molar-refractivity contribution is 0.794. The van der Waals surface area contributed by atoms with Gasteiger partial charge >= 0.3 is 0 Å². The number of hydrogen-bond donors (Lipinski definition) is 0. The van der Waals surface area contributed by atoms with Crippen LogP contribution in [-0.4, -0.2) is 19.9 Å². The molecule has 0 unspecified atom stereocenters. The predicted molar refractivity (Wildman–Crippen MR) is 297 cm³/mol. The topological polar surface area (TPSA) is 51.6 Å². The second kappa shape index (κ2) is 17.3.